The van der Waals surface area contributed by atoms with Crippen LogP contribution in [0.15, 0.2) is 62.7 Å². The zero-order valence-corrected chi connectivity index (χ0v) is 17.3. The zero-order valence-electron chi connectivity index (χ0n) is 15.8. The number of thiazole rings is 1. The minimum Gasteiger partial charge on any atom is -0.465 e. The van der Waals surface area contributed by atoms with E-state index in [1.54, 1.807) is 49.4 Å². The van der Waals surface area contributed by atoms with Crippen molar-refractivity contribution in [2.24, 2.45) is 4.99 Å². The number of amides is 1. The first-order valence-electron chi connectivity index (χ1n) is 9.03. The fourth-order valence-electron chi connectivity index (χ4n) is 3.01. The summed E-state index contributed by atoms with van der Waals surface area (Å²) in [4.78, 5) is 41.5. The van der Waals surface area contributed by atoms with Gasteiger partial charge in [0.05, 0.1) is 21.8 Å². The molecular formula is C21H15ClN2O5S. The number of aromatic nitrogens is 1. The molecule has 2 aromatic carbocycles. The van der Waals surface area contributed by atoms with Gasteiger partial charge in [0.2, 0.25) is 0 Å². The molecule has 4 aromatic rings. The summed E-state index contributed by atoms with van der Waals surface area (Å²) in [5.74, 6) is -1.26. The van der Waals surface area contributed by atoms with Crippen molar-refractivity contribution in [2.45, 2.75) is 13.5 Å². The van der Waals surface area contributed by atoms with E-state index in [0.717, 1.165) is 4.70 Å². The van der Waals surface area contributed by atoms with Crippen LogP contribution in [0.1, 0.15) is 17.3 Å². The minimum atomic E-state index is -0.779. The first-order chi connectivity index (χ1) is 14.5. The van der Waals surface area contributed by atoms with Gasteiger partial charge in [-0.25, -0.2) is 4.79 Å². The Balaban J connectivity index is 1.87. The molecule has 0 fully saturated rings. The average molecular weight is 443 g/mol. The maximum absolute atomic E-state index is 12.8. The fraction of sp³-hybridized carbons (Fsp3) is 0.143. The second kappa shape index (κ2) is 8.25. The zero-order chi connectivity index (χ0) is 21.3. The summed E-state index contributed by atoms with van der Waals surface area (Å²) in [6.07, 6.45) is 0. The lowest BCUT2D eigenvalue weighted by Gasteiger charge is -2.06. The Morgan fingerprint density at radius 3 is 2.80 bits per heavy atom. The van der Waals surface area contributed by atoms with E-state index in [4.69, 9.17) is 20.8 Å². The van der Waals surface area contributed by atoms with Crippen LogP contribution < -0.4 is 10.4 Å². The van der Waals surface area contributed by atoms with Crippen molar-refractivity contribution in [1.29, 1.82) is 0 Å². The van der Waals surface area contributed by atoms with Crippen LogP contribution in [0.3, 0.4) is 0 Å². The molecule has 0 radical (unpaired) electrons. The first-order valence-corrected chi connectivity index (χ1v) is 10.2. The number of hydrogen-bond donors (Lipinski definition) is 0. The van der Waals surface area contributed by atoms with E-state index < -0.39 is 17.5 Å². The van der Waals surface area contributed by atoms with Gasteiger partial charge in [-0.15, -0.1) is 0 Å². The first kappa shape index (κ1) is 20.1. The van der Waals surface area contributed by atoms with Gasteiger partial charge in [0.25, 0.3) is 5.91 Å². The monoisotopic (exact) mass is 442 g/mol. The molecule has 0 aliphatic carbocycles. The van der Waals surface area contributed by atoms with Crippen molar-refractivity contribution in [3.8, 4) is 0 Å². The number of fused-ring (bicyclic) bond motifs is 2. The quantitative estimate of drug-likeness (QED) is 0.354. The van der Waals surface area contributed by atoms with E-state index in [9.17, 15) is 14.4 Å². The molecule has 0 saturated carbocycles. The molecule has 0 unspecified atom stereocenters. The van der Waals surface area contributed by atoms with Gasteiger partial charge in [0.15, 0.2) is 4.80 Å². The molecule has 0 aliphatic heterocycles. The molecule has 2 aromatic heterocycles. The van der Waals surface area contributed by atoms with Crippen LogP contribution in [0.25, 0.3) is 21.2 Å². The van der Waals surface area contributed by atoms with Gasteiger partial charge in [0.1, 0.15) is 17.7 Å². The number of rotatable bonds is 4. The Bertz CT molecular complexity index is 1420. The van der Waals surface area contributed by atoms with E-state index in [1.807, 2.05) is 0 Å². The van der Waals surface area contributed by atoms with Gasteiger partial charge in [-0.1, -0.05) is 47.2 Å². The number of hydrogen-bond acceptors (Lipinski definition) is 6. The largest absolute Gasteiger partial charge is 0.465 e. The molecular weight excluding hydrogens is 428 g/mol. The predicted octanol–water partition coefficient (Wildman–Crippen LogP) is 3.77. The number of para-hydroxylation sites is 2. The number of nitrogens with zero attached hydrogens (tertiary/aromatic N) is 2. The summed E-state index contributed by atoms with van der Waals surface area (Å²) < 4.78 is 12.5. The molecule has 0 atom stereocenters. The number of halogens is 1. The Morgan fingerprint density at radius 2 is 2.00 bits per heavy atom. The highest BCUT2D eigenvalue weighted by molar-refractivity contribution is 7.16. The van der Waals surface area contributed by atoms with Crippen molar-refractivity contribution in [3.05, 3.63) is 74.3 Å². The number of carbonyl (C=O) groups is 2. The number of benzene rings is 2. The highest BCUT2D eigenvalue weighted by atomic mass is 35.5. The summed E-state index contributed by atoms with van der Waals surface area (Å²) in [6, 6.07) is 13.6. The number of carbonyl (C=O) groups excluding carboxylic acids is 2. The molecule has 152 valence electrons. The van der Waals surface area contributed by atoms with E-state index >= 15 is 0 Å². The standard InChI is InChI=1S/C21H15ClN2O5S/c1-2-28-17(25)11-24-18-14(22)7-5-9-16(18)30-21(24)23-19(26)13-10-12-6-3-4-8-15(12)29-20(13)27/h3-10H,2,11H2,1H3. The topological polar surface area (TPSA) is 90.9 Å². The lowest BCUT2D eigenvalue weighted by Crippen LogP contribution is -2.24. The molecule has 4 rings (SSSR count). The van der Waals surface area contributed by atoms with Crippen LogP contribution in [0.5, 0.6) is 0 Å². The Morgan fingerprint density at radius 1 is 1.20 bits per heavy atom. The Kier molecular flexibility index (Phi) is 5.52. The third-order valence-electron chi connectivity index (χ3n) is 4.31. The normalized spacial score (nSPS) is 11.9. The van der Waals surface area contributed by atoms with Crippen LogP contribution in [0.2, 0.25) is 5.02 Å². The molecule has 0 saturated heterocycles. The van der Waals surface area contributed by atoms with Gasteiger partial charge in [-0.05, 0) is 31.2 Å². The maximum Gasteiger partial charge on any atom is 0.349 e. The van der Waals surface area contributed by atoms with Gasteiger partial charge in [-0.3, -0.25) is 9.59 Å². The summed E-state index contributed by atoms with van der Waals surface area (Å²) in [6.45, 7) is 1.75. The summed E-state index contributed by atoms with van der Waals surface area (Å²) in [5.41, 5.74) is -0.0298. The second-order valence-corrected chi connectivity index (χ2v) is 7.68. The third-order valence-corrected chi connectivity index (χ3v) is 5.66. The number of esters is 1. The van der Waals surface area contributed by atoms with Crippen molar-refractivity contribution < 1.29 is 18.7 Å². The van der Waals surface area contributed by atoms with E-state index in [-0.39, 0.29) is 23.5 Å². The number of ether oxygens (including phenoxy) is 1. The van der Waals surface area contributed by atoms with Gasteiger partial charge in [-0.2, -0.15) is 4.99 Å². The summed E-state index contributed by atoms with van der Waals surface area (Å²) >= 11 is 7.50. The molecule has 9 heteroatoms. The molecule has 0 spiro atoms. The third kappa shape index (κ3) is 3.79. The lowest BCUT2D eigenvalue weighted by molar-refractivity contribution is -0.143. The van der Waals surface area contributed by atoms with E-state index in [0.29, 0.717) is 21.5 Å². The predicted molar refractivity (Wildman–Crippen MR) is 114 cm³/mol. The summed E-state index contributed by atoms with van der Waals surface area (Å²) in [5, 5.41) is 1.02. The van der Waals surface area contributed by atoms with Gasteiger partial charge in [0, 0.05) is 5.39 Å². The molecule has 30 heavy (non-hydrogen) atoms. The molecule has 0 aliphatic rings. The lowest BCUT2D eigenvalue weighted by atomic mass is 10.2. The smallest absolute Gasteiger partial charge is 0.349 e. The fourth-order valence-corrected chi connectivity index (χ4v) is 4.40. The molecule has 7 nitrogen and oxygen atoms in total. The Hall–Kier alpha value is -3.23. The maximum atomic E-state index is 12.8. The molecule has 0 N–H and O–H groups in total. The van der Waals surface area contributed by atoms with Gasteiger partial charge >= 0.3 is 11.6 Å². The van der Waals surface area contributed by atoms with Crippen LogP contribution >= 0.6 is 22.9 Å². The average Bonchev–Trinajstić information content (AvgIpc) is 3.05. The highest BCUT2D eigenvalue weighted by Crippen LogP contribution is 2.25. The SMILES string of the molecule is CCOC(=O)Cn1c(=NC(=O)c2cc3ccccc3oc2=O)sc2cccc(Cl)c21. The highest BCUT2D eigenvalue weighted by Gasteiger charge is 2.17. The molecule has 1 amide bonds. The Labute approximate surface area is 178 Å². The van der Waals surface area contributed by atoms with E-state index in [1.165, 1.54) is 22.0 Å². The van der Waals surface area contributed by atoms with Crippen LogP contribution in [0.4, 0.5) is 0 Å². The van der Waals surface area contributed by atoms with Crippen molar-refractivity contribution in [1.82, 2.24) is 4.57 Å². The second-order valence-electron chi connectivity index (χ2n) is 6.26. The van der Waals surface area contributed by atoms with Crippen molar-refractivity contribution in [2.75, 3.05) is 6.61 Å². The molecule has 0 bridgehead atoms. The van der Waals surface area contributed by atoms with Gasteiger partial charge < -0.3 is 13.7 Å². The molecule has 2 heterocycles. The van der Waals surface area contributed by atoms with E-state index in [2.05, 4.69) is 4.99 Å². The van der Waals surface area contributed by atoms with Crippen LogP contribution in [-0.4, -0.2) is 23.1 Å². The van der Waals surface area contributed by atoms with Crippen LogP contribution in [-0.2, 0) is 16.1 Å². The van der Waals surface area contributed by atoms with Crippen molar-refractivity contribution >= 4 is 56.0 Å². The van der Waals surface area contributed by atoms with Crippen LogP contribution in [0, 0.1) is 0 Å². The minimum absolute atomic E-state index is 0.171. The summed E-state index contributed by atoms with van der Waals surface area (Å²) in [7, 11) is 0. The van der Waals surface area contributed by atoms with Crippen molar-refractivity contribution in [3.63, 3.8) is 0 Å².